The van der Waals surface area contributed by atoms with E-state index < -0.39 is 6.17 Å². The van der Waals surface area contributed by atoms with Gasteiger partial charge in [-0.05, 0) is 24.6 Å². The van der Waals surface area contributed by atoms with E-state index in [9.17, 15) is 4.39 Å². The molecule has 0 saturated carbocycles. The van der Waals surface area contributed by atoms with Gasteiger partial charge in [-0.25, -0.2) is 4.39 Å². The van der Waals surface area contributed by atoms with Crippen LogP contribution in [0.1, 0.15) is 18.7 Å². The SMILES string of the molecule is COc1cc(C(C)F)cc(-c2cc(N)n[nH]2)c1OC. The van der Waals surface area contributed by atoms with Crippen molar-refractivity contribution in [2.45, 2.75) is 13.1 Å². The van der Waals surface area contributed by atoms with Crippen molar-refractivity contribution in [2.75, 3.05) is 20.0 Å². The predicted molar refractivity (Wildman–Crippen MR) is 71.1 cm³/mol. The van der Waals surface area contributed by atoms with Gasteiger partial charge < -0.3 is 15.2 Å². The molecule has 19 heavy (non-hydrogen) atoms. The summed E-state index contributed by atoms with van der Waals surface area (Å²) in [5, 5.41) is 6.64. The molecule has 0 saturated heterocycles. The van der Waals surface area contributed by atoms with Gasteiger partial charge >= 0.3 is 0 Å². The van der Waals surface area contributed by atoms with Gasteiger partial charge in [0.2, 0.25) is 0 Å². The minimum atomic E-state index is -1.11. The van der Waals surface area contributed by atoms with Crippen molar-refractivity contribution in [1.29, 1.82) is 0 Å². The van der Waals surface area contributed by atoms with Crippen LogP contribution in [0.2, 0.25) is 0 Å². The third-order valence-electron chi connectivity index (χ3n) is 2.85. The number of aromatic nitrogens is 2. The van der Waals surface area contributed by atoms with Gasteiger partial charge in [0.25, 0.3) is 0 Å². The number of halogens is 1. The first kappa shape index (κ1) is 13.2. The number of aromatic amines is 1. The van der Waals surface area contributed by atoms with Gasteiger partial charge in [0, 0.05) is 11.6 Å². The van der Waals surface area contributed by atoms with Crippen molar-refractivity contribution in [1.82, 2.24) is 10.2 Å². The highest BCUT2D eigenvalue weighted by atomic mass is 19.1. The van der Waals surface area contributed by atoms with Gasteiger partial charge in [0.05, 0.1) is 19.9 Å². The highest BCUT2D eigenvalue weighted by Crippen LogP contribution is 2.40. The standard InChI is InChI=1S/C13H16FN3O2/c1-7(14)8-4-9(10-6-12(15)17-16-10)13(19-3)11(5-8)18-2/h4-7H,1-3H3,(H3,15,16,17). The number of hydrogen-bond donors (Lipinski definition) is 2. The third-order valence-corrected chi connectivity index (χ3v) is 2.85. The molecule has 2 rings (SSSR count). The molecule has 0 aliphatic heterocycles. The van der Waals surface area contributed by atoms with Gasteiger partial charge in [-0.15, -0.1) is 0 Å². The Morgan fingerprint density at radius 2 is 2.00 bits per heavy atom. The second kappa shape index (κ2) is 5.17. The van der Waals surface area contributed by atoms with Crippen LogP contribution in [0.15, 0.2) is 18.2 Å². The van der Waals surface area contributed by atoms with Gasteiger partial charge in [-0.3, -0.25) is 5.10 Å². The Morgan fingerprint density at radius 1 is 1.26 bits per heavy atom. The molecule has 3 N–H and O–H groups in total. The number of rotatable bonds is 4. The molecule has 1 unspecified atom stereocenters. The minimum Gasteiger partial charge on any atom is -0.493 e. The van der Waals surface area contributed by atoms with Gasteiger partial charge in [0.1, 0.15) is 12.0 Å². The lowest BCUT2D eigenvalue weighted by molar-refractivity contribution is 0.348. The number of nitrogens with zero attached hydrogens (tertiary/aromatic N) is 1. The molecule has 1 aromatic carbocycles. The Hall–Kier alpha value is -2.24. The molecule has 2 aromatic rings. The van der Waals surface area contributed by atoms with E-state index in [2.05, 4.69) is 10.2 Å². The Kier molecular flexibility index (Phi) is 3.59. The number of nitrogens with one attached hydrogen (secondary N) is 1. The molecule has 1 atom stereocenters. The number of methoxy groups -OCH3 is 2. The number of hydrogen-bond acceptors (Lipinski definition) is 4. The van der Waals surface area contributed by atoms with Crippen molar-refractivity contribution < 1.29 is 13.9 Å². The number of nitrogen functional groups attached to an aromatic ring is 1. The fourth-order valence-corrected chi connectivity index (χ4v) is 1.89. The van der Waals surface area contributed by atoms with Crippen molar-refractivity contribution in [2.24, 2.45) is 0 Å². The van der Waals surface area contributed by atoms with Crippen molar-refractivity contribution in [3.63, 3.8) is 0 Å². The van der Waals surface area contributed by atoms with E-state index in [4.69, 9.17) is 15.2 Å². The normalized spacial score (nSPS) is 12.2. The molecule has 0 bridgehead atoms. The van der Waals surface area contributed by atoms with Crippen LogP contribution in [0.25, 0.3) is 11.3 Å². The van der Waals surface area contributed by atoms with E-state index in [0.29, 0.717) is 34.1 Å². The summed E-state index contributed by atoms with van der Waals surface area (Å²) in [6, 6.07) is 4.97. The van der Waals surface area contributed by atoms with Crippen LogP contribution in [-0.4, -0.2) is 24.4 Å². The predicted octanol–water partition coefficient (Wildman–Crippen LogP) is 2.71. The van der Waals surface area contributed by atoms with Crippen molar-refractivity contribution >= 4 is 5.82 Å². The zero-order valence-corrected chi connectivity index (χ0v) is 11.0. The first-order chi connectivity index (χ1) is 9.06. The molecule has 6 heteroatoms. The molecule has 0 aliphatic rings. The number of nitrogens with two attached hydrogens (primary N) is 1. The summed E-state index contributed by atoms with van der Waals surface area (Å²) in [4.78, 5) is 0. The Balaban J connectivity index is 2.65. The third kappa shape index (κ3) is 2.47. The van der Waals surface area contributed by atoms with E-state index in [1.165, 1.54) is 21.1 Å². The lowest BCUT2D eigenvalue weighted by Crippen LogP contribution is -1.97. The molecule has 5 nitrogen and oxygen atoms in total. The highest BCUT2D eigenvalue weighted by molar-refractivity contribution is 5.73. The zero-order chi connectivity index (χ0) is 14.0. The summed E-state index contributed by atoms with van der Waals surface area (Å²) >= 11 is 0. The maximum Gasteiger partial charge on any atom is 0.170 e. The Morgan fingerprint density at radius 3 is 2.47 bits per heavy atom. The summed E-state index contributed by atoms with van der Waals surface area (Å²) in [6.07, 6.45) is -1.11. The summed E-state index contributed by atoms with van der Waals surface area (Å²) in [5.74, 6) is 1.33. The Bertz CT molecular complexity index is 581. The highest BCUT2D eigenvalue weighted by Gasteiger charge is 2.17. The summed E-state index contributed by atoms with van der Waals surface area (Å²) in [5.41, 5.74) is 7.39. The van der Waals surface area contributed by atoms with Crippen molar-refractivity contribution in [3.05, 3.63) is 23.8 Å². The molecule has 102 valence electrons. The first-order valence-electron chi connectivity index (χ1n) is 5.78. The average Bonchev–Trinajstić information content (AvgIpc) is 2.83. The van der Waals surface area contributed by atoms with E-state index in [0.717, 1.165) is 0 Å². The topological polar surface area (TPSA) is 73.2 Å². The van der Waals surface area contributed by atoms with Gasteiger partial charge in [0.15, 0.2) is 11.5 Å². The number of anilines is 1. The summed E-state index contributed by atoms with van der Waals surface area (Å²) in [6.45, 7) is 1.46. The lowest BCUT2D eigenvalue weighted by Gasteiger charge is -2.14. The maximum atomic E-state index is 13.5. The molecule has 0 radical (unpaired) electrons. The van der Waals surface area contributed by atoms with E-state index >= 15 is 0 Å². The van der Waals surface area contributed by atoms with Crippen LogP contribution in [0.3, 0.4) is 0 Å². The second-order valence-electron chi connectivity index (χ2n) is 4.13. The fraction of sp³-hybridized carbons (Fsp3) is 0.308. The van der Waals surface area contributed by atoms with Crippen LogP contribution < -0.4 is 15.2 Å². The fourth-order valence-electron chi connectivity index (χ4n) is 1.89. The van der Waals surface area contributed by atoms with Crippen LogP contribution in [0.5, 0.6) is 11.5 Å². The minimum absolute atomic E-state index is 0.356. The lowest BCUT2D eigenvalue weighted by atomic mass is 10.0. The van der Waals surface area contributed by atoms with Gasteiger partial charge in [-0.2, -0.15) is 5.10 Å². The molecule has 0 amide bonds. The summed E-state index contributed by atoms with van der Waals surface area (Å²) in [7, 11) is 3.04. The van der Waals surface area contributed by atoms with Crippen LogP contribution >= 0.6 is 0 Å². The largest absolute Gasteiger partial charge is 0.493 e. The molecular weight excluding hydrogens is 249 g/mol. The second-order valence-corrected chi connectivity index (χ2v) is 4.13. The first-order valence-corrected chi connectivity index (χ1v) is 5.78. The molecule has 0 spiro atoms. The number of ether oxygens (including phenoxy) is 2. The average molecular weight is 265 g/mol. The van der Waals surface area contributed by atoms with E-state index in [1.807, 2.05) is 0 Å². The molecule has 0 aliphatic carbocycles. The molecule has 0 fully saturated rings. The van der Waals surface area contributed by atoms with E-state index in [1.54, 1.807) is 18.2 Å². The number of alkyl halides is 1. The van der Waals surface area contributed by atoms with E-state index in [-0.39, 0.29) is 0 Å². The smallest absolute Gasteiger partial charge is 0.170 e. The van der Waals surface area contributed by atoms with Crippen LogP contribution in [0, 0.1) is 0 Å². The molecule has 1 heterocycles. The molecule has 1 aromatic heterocycles. The van der Waals surface area contributed by atoms with Gasteiger partial charge in [-0.1, -0.05) is 0 Å². The zero-order valence-electron chi connectivity index (χ0n) is 11.0. The number of H-pyrrole nitrogens is 1. The molecular formula is C13H16FN3O2. The van der Waals surface area contributed by atoms with Crippen LogP contribution in [0.4, 0.5) is 10.2 Å². The number of benzene rings is 1. The monoisotopic (exact) mass is 265 g/mol. The maximum absolute atomic E-state index is 13.5. The van der Waals surface area contributed by atoms with Crippen molar-refractivity contribution in [3.8, 4) is 22.8 Å². The Labute approximate surface area is 110 Å². The quantitative estimate of drug-likeness (QED) is 0.891. The van der Waals surface area contributed by atoms with Crippen LogP contribution in [-0.2, 0) is 0 Å². The summed E-state index contributed by atoms with van der Waals surface area (Å²) < 4.78 is 24.1.